The summed E-state index contributed by atoms with van der Waals surface area (Å²) < 4.78 is 11.2. The normalized spacial score (nSPS) is 16.1. The quantitative estimate of drug-likeness (QED) is 0.271. The van der Waals surface area contributed by atoms with E-state index in [9.17, 15) is 4.79 Å². The highest BCUT2D eigenvalue weighted by molar-refractivity contribution is 14.0. The zero-order chi connectivity index (χ0) is 22.3. The van der Waals surface area contributed by atoms with Gasteiger partial charge in [0, 0.05) is 25.8 Å². The molecular formula is C25H29IN4O3. The number of anilines is 1. The van der Waals surface area contributed by atoms with Gasteiger partial charge in [-0.3, -0.25) is 9.79 Å². The van der Waals surface area contributed by atoms with Crippen LogP contribution in [0, 0.1) is 6.92 Å². The molecule has 4 rings (SSSR count). The fourth-order valence-electron chi connectivity index (χ4n) is 3.85. The van der Waals surface area contributed by atoms with Gasteiger partial charge in [-0.2, -0.15) is 0 Å². The number of hydrogen-bond donors (Lipinski definition) is 2. The highest BCUT2D eigenvalue weighted by Gasteiger charge is 2.25. The summed E-state index contributed by atoms with van der Waals surface area (Å²) in [5, 5.41) is 6.30. The van der Waals surface area contributed by atoms with E-state index >= 15 is 0 Å². The van der Waals surface area contributed by atoms with E-state index in [2.05, 4.69) is 45.6 Å². The number of carbonyl (C=O) groups is 1. The van der Waals surface area contributed by atoms with Crippen LogP contribution < -0.4 is 10.6 Å². The molecule has 1 amide bonds. The van der Waals surface area contributed by atoms with E-state index in [1.54, 1.807) is 19.2 Å². The van der Waals surface area contributed by atoms with Crippen molar-refractivity contribution in [2.45, 2.75) is 19.6 Å². The van der Waals surface area contributed by atoms with Crippen LogP contribution in [-0.4, -0.2) is 43.5 Å². The lowest BCUT2D eigenvalue weighted by Crippen LogP contribution is -2.48. The lowest BCUT2D eigenvalue weighted by Gasteiger charge is -2.35. The first-order valence-corrected chi connectivity index (χ1v) is 10.7. The predicted octanol–water partition coefficient (Wildman–Crippen LogP) is 4.61. The Hall–Kier alpha value is -2.85. The number of morpholine rings is 1. The van der Waals surface area contributed by atoms with Gasteiger partial charge in [0.1, 0.15) is 6.10 Å². The molecule has 0 spiro atoms. The largest absolute Gasteiger partial charge is 0.459 e. The van der Waals surface area contributed by atoms with Crippen molar-refractivity contribution in [2.24, 2.45) is 4.99 Å². The Kier molecular flexibility index (Phi) is 8.90. The molecule has 174 valence electrons. The van der Waals surface area contributed by atoms with Crippen molar-refractivity contribution in [3.63, 3.8) is 0 Å². The van der Waals surface area contributed by atoms with E-state index in [1.165, 1.54) is 17.4 Å². The number of rotatable bonds is 5. The number of benzene rings is 2. The summed E-state index contributed by atoms with van der Waals surface area (Å²) in [4.78, 5) is 18.9. The second kappa shape index (κ2) is 11.9. The van der Waals surface area contributed by atoms with Crippen LogP contribution >= 0.6 is 24.0 Å². The first kappa shape index (κ1) is 24.8. The molecule has 1 atom stereocenters. The molecule has 3 aromatic rings. The Balaban J connectivity index is 0.00000306. The summed E-state index contributed by atoms with van der Waals surface area (Å²) in [7, 11) is 1.79. The third-order valence-electron chi connectivity index (χ3n) is 5.49. The molecular weight excluding hydrogens is 531 g/mol. The molecule has 0 aliphatic carbocycles. The Morgan fingerprint density at radius 3 is 2.76 bits per heavy atom. The highest BCUT2D eigenvalue weighted by Crippen LogP contribution is 2.25. The van der Waals surface area contributed by atoms with Gasteiger partial charge in [-0.15, -0.1) is 24.0 Å². The molecule has 1 unspecified atom stereocenters. The maximum absolute atomic E-state index is 12.2. The van der Waals surface area contributed by atoms with Crippen LogP contribution in [-0.2, 0) is 11.3 Å². The highest BCUT2D eigenvalue weighted by atomic mass is 127. The number of guanidine groups is 1. The number of carbonyl (C=O) groups excluding carboxylic acids is 1. The minimum atomic E-state index is -0.272. The van der Waals surface area contributed by atoms with Crippen molar-refractivity contribution >= 4 is 41.5 Å². The maximum Gasteiger partial charge on any atom is 0.291 e. The Bertz CT molecular complexity index is 1080. The molecule has 0 radical (unpaired) electrons. The number of nitrogens with zero attached hydrogens (tertiary/aromatic N) is 2. The van der Waals surface area contributed by atoms with Gasteiger partial charge >= 0.3 is 0 Å². The monoisotopic (exact) mass is 560 g/mol. The lowest BCUT2D eigenvalue weighted by molar-refractivity contribution is -0.00833. The first-order valence-electron chi connectivity index (χ1n) is 10.7. The average molecular weight is 560 g/mol. The predicted molar refractivity (Wildman–Crippen MR) is 140 cm³/mol. The molecule has 33 heavy (non-hydrogen) atoms. The van der Waals surface area contributed by atoms with Crippen molar-refractivity contribution in [1.82, 2.24) is 10.2 Å². The summed E-state index contributed by atoms with van der Waals surface area (Å²) in [6, 6.07) is 19.4. The van der Waals surface area contributed by atoms with Gasteiger partial charge < -0.3 is 24.7 Å². The van der Waals surface area contributed by atoms with Crippen LogP contribution in [0.3, 0.4) is 0 Å². The van der Waals surface area contributed by atoms with Crippen LogP contribution in [0.4, 0.5) is 5.69 Å². The smallest absolute Gasteiger partial charge is 0.291 e. The minimum absolute atomic E-state index is 0. The lowest BCUT2D eigenvalue weighted by atomic mass is 10.0. The fourth-order valence-corrected chi connectivity index (χ4v) is 3.85. The van der Waals surface area contributed by atoms with Crippen molar-refractivity contribution in [1.29, 1.82) is 0 Å². The van der Waals surface area contributed by atoms with Crippen LogP contribution in [0.25, 0.3) is 0 Å². The Labute approximate surface area is 211 Å². The third-order valence-corrected chi connectivity index (χ3v) is 5.49. The van der Waals surface area contributed by atoms with Gasteiger partial charge in [-0.05, 0) is 47.9 Å². The van der Waals surface area contributed by atoms with Gasteiger partial charge in [0.2, 0.25) is 0 Å². The van der Waals surface area contributed by atoms with Gasteiger partial charge in [-0.25, -0.2) is 0 Å². The molecule has 1 fully saturated rings. The molecule has 2 N–H and O–H groups in total. The molecule has 1 saturated heterocycles. The zero-order valence-corrected chi connectivity index (χ0v) is 21.1. The van der Waals surface area contributed by atoms with E-state index in [0.29, 0.717) is 18.8 Å². The fraction of sp³-hybridized carbons (Fsp3) is 0.280. The van der Waals surface area contributed by atoms with Crippen molar-refractivity contribution in [3.05, 3.63) is 89.4 Å². The number of hydrogen-bond acceptors (Lipinski definition) is 4. The van der Waals surface area contributed by atoms with Crippen molar-refractivity contribution in [2.75, 3.05) is 32.1 Å². The summed E-state index contributed by atoms with van der Waals surface area (Å²) in [5.74, 6) is 0.841. The number of nitrogens with one attached hydrogen (secondary N) is 2. The number of furan rings is 1. The van der Waals surface area contributed by atoms with E-state index in [-0.39, 0.29) is 41.7 Å². The van der Waals surface area contributed by atoms with E-state index in [4.69, 9.17) is 9.15 Å². The summed E-state index contributed by atoms with van der Waals surface area (Å²) in [6.07, 6.45) is 1.50. The van der Waals surface area contributed by atoms with Crippen LogP contribution in [0.2, 0.25) is 0 Å². The molecule has 1 aliphatic heterocycles. The topological polar surface area (TPSA) is 79.1 Å². The maximum atomic E-state index is 12.2. The summed E-state index contributed by atoms with van der Waals surface area (Å²) >= 11 is 0. The SMILES string of the molecule is CN=C(NCc1cccc(NC(=O)c2ccco2)c1)N1CCOC(c2ccccc2C)C1.I. The molecule has 0 saturated carbocycles. The number of ether oxygens (including phenoxy) is 1. The zero-order valence-electron chi connectivity index (χ0n) is 18.8. The van der Waals surface area contributed by atoms with Gasteiger partial charge in [0.15, 0.2) is 11.7 Å². The van der Waals surface area contributed by atoms with Crippen LogP contribution in [0.15, 0.2) is 76.3 Å². The molecule has 2 heterocycles. The molecule has 8 heteroatoms. The number of aryl methyl sites for hydroxylation is 1. The van der Waals surface area contributed by atoms with Gasteiger partial charge in [0.05, 0.1) is 19.4 Å². The average Bonchev–Trinajstić information content (AvgIpc) is 3.36. The van der Waals surface area contributed by atoms with E-state index < -0.39 is 0 Å². The van der Waals surface area contributed by atoms with Gasteiger partial charge in [0.25, 0.3) is 5.91 Å². The van der Waals surface area contributed by atoms with Crippen molar-refractivity contribution < 1.29 is 13.9 Å². The molecule has 0 bridgehead atoms. The number of amides is 1. The Morgan fingerprint density at radius 2 is 2.00 bits per heavy atom. The van der Waals surface area contributed by atoms with Crippen LogP contribution in [0.1, 0.15) is 33.3 Å². The molecule has 1 aliphatic rings. The summed E-state index contributed by atoms with van der Waals surface area (Å²) in [5.41, 5.74) is 4.20. The molecule has 1 aromatic heterocycles. The van der Waals surface area contributed by atoms with E-state index in [0.717, 1.165) is 24.6 Å². The van der Waals surface area contributed by atoms with Gasteiger partial charge in [-0.1, -0.05) is 36.4 Å². The minimum Gasteiger partial charge on any atom is -0.459 e. The molecule has 7 nitrogen and oxygen atoms in total. The second-order valence-electron chi connectivity index (χ2n) is 7.69. The third kappa shape index (κ3) is 6.35. The van der Waals surface area contributed by atoms with Crippen LogP contribution in [0.5, 0.6) is 0 Å². The first-order chi connectivity index (χ1) is 15.6. The van der Waals surface area contributed by atoms with E-state index in [1.807, 2.05) is 30.3 Å². The second-order valence-corrected chi connectivity index (χ2v) is 7.69. The Morgan fingerprint density at radius 1 is 1.15 bits per heavy atom. The molecule has 2 aromatic carbocycles. The number of aliphatic imine (C=N–C) groups is 1. The summed E-state index contributed by atoms with van der Waals surface area (Å²) in [6.45, 7) is 4.87. The van der Waals surface area contributed by atoms with Crippen molar-refractivity contribution in [3.8, 4) is 0 Å². The number of halogens is 1. The standard InChI is InChI=1S/C25H28N4O3.HI/c1-18-7-3-4-10-21(18)23-17-29(12-14-32-23)25(26-2)27-16-19-8-5-9-20(15-19)28-24(30)22-11-6-13-31-22;/h3-11,13,15,23H,12,14,16-17H2,1-2H3,(H,26,27)(H,28,30);1H.